The van der Waals surface area contributed by atoms with Gasteiger partial charge in [0.05, 0.1) is 0 Å². The Morgan fingerprint density at radius 1 is 1.56 bits per heavy atom. The lowest BCUT2D eigenvalue weighted by molar-refractivity contribution is 0.895. The molecule has 0 aromatic carbocycles. The van der Waals surface area contributed by atoms with E-state index in [0.717, 1.165) is 5.57 Å². The summed E-state index contributed by atoms with van der Waals surface area (Å²) in [4.78, 5) is 0. The van der Waals surface area contributed by atoms with Gasteiger partial charge in [0.2, 0.25) is 0 Å². The van der Waals surface area contributed by atoms with Crippen LogP contribution in [0.2, 0.25) is 0 Å². The Balaban J connectivity index is 3.87. The van der Waals surface area contributed by atoms with Gasteiger partial charge in [0, 0.05) is 0 Å². The summed E-state index contributed by atoms with van der Waals surface area (Å²) in [5.74, 6) is 0.437. The van der Waals surface area contributed by atoms with Crippen LogP contribution in [0.5, 0.6) is 0 Å². The molecule has 9 heavy (non-hydrogen) atoms. The van der Waals surface area contributed by atoms with Gasteiger partial charge in [0.1, 0.15) is 0 Å². The standard InChI is InChI=1S/C9H14/c1-5-7-9(4)8(3)6-2/h5-7,9H,2-3H2,1,4H3/b7-5+. The zero-order valence-corrected chi connectivity index (χ0v) is 6.22. The van der Waals surface area contributed by atoms with Crippen molar-refractivity contribution in [3.63, 3.8) is 0 Å². The normalized spacial score (nSPS) is 13.6. The molecular formula is C9H14. The van der Waals surface area contributed by atoms with Gasteiger partial charge < -0.3 is 0 Å². The Hall–Kier alpha value is -0.780. The second-order valence-corrected chi connectivity index (χ2v) is 2.09. The predicted molar refractivity (Wildman–Crippen MR) is 43.3 cm³/mol. The zero-order chi connectivity index (χ0) is 7.28. The second-order valence-electron chi connectivity index (χ2n) is 2.09. The third-order valence-electron chi connectivity index (χ3n) is 1.33. The molecule has 0 saturated heterocycles. The van der Waals surface area contributed by atoms with E-state index in [9.17, 15) is 0 Å². The van der Waals surface area contributed by atoms with Gasteiger partial charge in [-0.05, 0) is 18.4 Å². The summed E-state index contributed by atoms with van der Waals surface area (Å²) in [6.07, 6.45) is 5.92. The van der Waals surface area contributed by atoms with Crippen molar-refractivity contribution in [2.24, 2.45) is 5.92 Å². The van der Waals surface area contributed by atoms with Crippen LogP contribution in [0.15, 0.2) is 37.0 Å². The topological polar surface area (TPSA) is 0 Å². The highest BCUT2D eigenvalue weighted by Gasteiger charge is 1.94. The minimum Gasteiger partial charge on any atom is -0.0988 e. The molecule has 0 aliphatic heterocycles. The van der Waals surface area contributed by atoms with E-state index < -0.39 is 0 Å². The SMILES string of the molecule is C=CC(=C)C(C)/C=C/C. The first kappa shape index (κ1) is 8.22. The quantitative estimate of drug-likeness (QED) is 0.399. The van der Waals surface area contributed by atoms with E-state index in [1.807, 2.05) is 13.0 Å². The van der Waals surface area contributed by atoms with Crippen LogP contribution in [0.25, 0.3) is 0 Å². The summed E-state index contributed by atoms with van der Waals surface area (Å²) in [7, 11) is 0. The van der Waals surface area contributed by atoms with E-state index in [1.165, 1.54) is 0 Å². The van der Waals surface area contributed by atoms with Gasteiger partial charge in [-0.15, -0.1) is 0 Å². The van der Waals surface area contributed by atoms with Gasteiger partial charge in [-0.3, -0.25) is 0 Å². The van der Waals surface area contributed by atoms with Crippen LogP contribution in [0.4, 0.5) is 0 Å². The highest BCUT2D eigenvalue weighted by atomic mass is 14.0. The average Bonchev–Trinajstić information content (AvgIpc) is 1.87. The third-order valence-corrected chi connectivity index (χ3v) is 1.33. The molecule has 0 radical (unpaired) electrons. The van der Waals surface area contributed by atoms with Crippen molar-refractivity contribution in [1.29, 1.82) is 0 Å². The molecule has 0 N–H and O–H groups in total. The highest BCUT2D eigenvalue weighted by molar-refractivity contribution is 5.18. The molecule has 0 aromatic heterocycles. The molecule has 50 valence electrons. The third kappa shape index (κ3) is 2.91. The maximum absolute atomic E-state index is 3.82. The number of rotatable bonds is 3. The first-order chi connectivity index (χ1) is 4.22. The molecule has 0 aromatic rings. The van der Waals surface area contributed by atoms with E-state index in [1.54, 1.807) is 6.08 Å². The van der Waals surface area contributed by atoms with Gasteiger partial charge >= 0.3 is 0 Å². The molecule has 0 nitrogen and oxygen atoms in total. The average molecular weight is 122 g/mol. The first-order valence-corrected chi connectivity index (χ1v) is 3.16. The van der Waals surface area contributed by atoms with Crippen molar-refractivity contribution < 1.29 is 0 Å². The molecular weight excluding hydrogens is 108 g/mol. The fourth-order valence-electron chi connectivity index (χ4n) is 0.598. The van der Waals surface area contributed by atoms with Crippen molar-refractivity contribution in [3.8, 4) is 0 Å². The van der Waals surface area contributed by atoms with Crippen LogP contribution >= 0.6 is 0 Å². The van der Waals surface area contributed by atoms with Crippen molar-refractivity contribution in [3.05, 3.63) is 37.0 Å². The van der Waals surface area contributed by atoms with Gasteiger partial charge in [-0.2, -0.15) is 0 Å². The van der Waals surface area contributed by atoms with E-state index in [0.29, 0.717) is 5.92 Å². The van der Waals surface area contributed by atoms with Crippen LogP contribution < -0.4 is 0 Å². The molecule has 0 aliphatic rings. The van der Waals surface area contributed by atoms with Gasteiger partial charge in [-0.25, -0.2) is 0 Å². The summed E-state index contributed by atoms with van der Waals surface area (Å²) >= 11 is 0. The fraction of sp³-hybridized carbons (Fsp3) is 0.333. The van der Waals surface area contributed by atoms with Crippen molar-refractivity contribution in [2.75, 3.05) is 0 Å². The van der Waals surface area contributed by atoms with E-state index in [-0.39, 0.29) is 0 Å². The molecule has 1 atom stereocenters. The molecule has 0 heteroatoms. The van der Waals surface area contributed by atoms with Crippen LogP contribution in [-0.4, -0.2) is 0 Å². The largest absolute Gasteiger partial charge is 0.0988 e. The Kier molecular flexibility index (Phi) is 3.78. The molecule has 1 unspecified atom stereocenters. The summed E-state index contributed by atoms with van der Waals surface area (Å²) in [6.45, 7) is 11.6. The van der Waals surface area contributed by atoms with Crippen molar-refractivity contribution in [1.82, 2.24) is 0 Å². The number of hydrogen-bond acceptors (Lipinski definition) is 0. The Morgan fingerprint density at radius 2 is 2.11 bits per heavy atom. The molecule has 0 fully saturated rings. The van der Waals surface area contributed by atoms with Gasteiger partial charge in [0.25, 0.3) is 0 Å². The van der Waals surface area contributed by atoms with E-state index >= 15 is 0 Å². The van der Waals surface area contributed by atoms with E-state index in [2.05, 4.69) is 26.2 Å². The lowest BCUT2D eigenvalue weighted by Crippen LogP contribution is -1.88. The lowest BCUT2D eigenvalue weighted by Gasteiger charge is -2.02. The Morgan fingerprint density at radius 3 is 2.44 bits per heavy atom. The molecule has 0 amide bonds. The molecule has 0 bridgehead atoms. The molecule has 0 aliphatic carbocycles. The molecule has 0 heterocycles. The maximum atomic E-state index is 3.82. The van der Waals surface area contributed by atoms with Crippen LogP contribution in [0.3, 0.4) is 0 Å². The summed E-state index contributed by atoms with van der Waals surface area (Å²) in [6, 6.07) is 0. The Labute approximate surface area is 57.6 Å². The fourth-order valence-corrected chi connectivity index (χ4v) is 0.598. The minimum absolute atomic E-state index is 0.437. The van der Waals surface area contributed by atoms with Crippen molar-refractivity contribution in [2.45, 2.75) is 13.8 Å². The summed E-state index contributed by atoms with van der Waals surface area (Å²) in [5.41, 5.74) is 1.08. The zero-order valence-electron chi connectivity index (χ0n) is 6.22. The van der Waals surface area contributed by atoms with Crippen molar-refractivity contribution >= 4 is 0 Å². The number of hydrogen-bond donors (Lipinski definition) is 0. The monoisotopic (exact) mass is 122 g/mol. The van der Waals surface area contributed by atoms with Crippen LogP contribution in [0, 0.1) is 5.92 Å². The van der Waals surface area contributed by atoms with Gasteiger partial charge in [-0.1, -0.05) is 38.3 Å². The lowest BCUT2D eigenvalue weighted by atomic mass is 10.0. The van der Waals surface area contributed by atoms with Crippen LogP contribution in [-0.2, 0) is 0 Å². The molecule has 0 spiro atoms. The van der Waals surface area contributed by atoms with Gasteiger partial charge in [0.15, 0.2) is 0 Å². The maximum Gasteiger partial charge on any atom is -0.00166 e. The van der Waals surface area contributed by atoms with E-state index in [4.69, 9.17) is 0 Å². The second kappa shape index (κ2) is 4.13. The Bertz CT molecular complexity index is 129. The smallest absolute Gasteiger partial charge is 0.00166 e. The summed E-state index contributed by atoms with van der Waals surface area (Å²) in [5, 5.41) is 0. The molecule has 0 saturated carbocycles. The summed E-state index contributed by atoms with van der Waals surface area (Å²) < 4.78 is 0. The predicted octanol–water partition coefficient (Wildman–Crippen LogP) is 2.94. The first-order valence-electron chi connectivity index (χ1n) is 3.16. The minimum atomic E-state index is 0.437. The van der Waals surface area contributed by atoms with Crippen LogP contribution in [0.1, 0.15) is 13.8 Å². The number of allylic oxidation sites excluding steroid dienone is 4. The highest BCUT2D eigenvalue weighted by Crippen LogP contribution is 2.09. The molecule has 0 rings (SSSR count).